The van der Waals surface area contributed by atoms with Crippen molar-refractivity contribution in [2.45, 2.75) is 56.7 Å². The van der Waals surface area contributed by atoms with Crippen LogP contribution in [0.4, 0.5) is 8.78 Å². The maximum absolute atomic E-state index is 12.6. The lowest BCUT2D eigenvalue weighted by Crippen LogP contribution is -2.60. The Morgan fingerprint density at radius 2 is 2.08 bits per heavy atom. The molecular weight excluding hydrogens is 318 g/mol. The molecule has 7 heteroatoms. The predicted octanol–water partition coefficient (Wildman–Crippen LogP) is 1.82. The van der Waals surface area contributed by atoms with Gasteiger partial charge in [-0.25, -0.2) is 0 Å². The fourth-order valence-corrected chi connectivity index (χ4v) is 3.54. The number of ether oxygens (including phenoxy) is 2. The van der Waals surface area contributed by atoms with Crippen molar-refractivity contribution in [1.82, 2.24) is 10.6 Å². The molecule has 4 atom stereocenters. The second-order valence-electron chi connectivity index (χ2n) is 6.27. The van der Waals surface area contributed by atoms with E-state index in [1.54, 1.807) is 0 Å². The highest BCUT2D eigenvalue weighted by Crippen LogP contribution is 2.30. The summed E-state index contributed by atoms with van der Waals surface area (Å²) in [5.74, 6) is -0.408. The first-order valence-electron chi connectivity index (χ1n) is 8.24. The number of fused-ring (bicyclic) bond motifs is 2. The van der Waals surface area contributed by atoms with Gasteiger partial charge in [-0.05, 0) is 24.8 Å². The molecule has 24 heavy (non-hydrogen) atoms. The summed E-state index contributed by atoms with van der Waals surface area (Å²) in [5, 5.41) is 6.43. The number of halogens is 2. The van der Waals surface area contributed by atoms with Gasteiger partial charge in [-0.2, -0.15) is 8.78 Å². The van der Waals surface area contributed by atoms with E-state index in [2.05, 4.69) is 10.6 Å². The molecule has 0 radical (unpaired) electrons. The standard InChI is InChI=1S/C17H22F2N2O3/c18-17(19)24-14-8-12-6-7-13(21-12)16(14)20-9-15(22)23-10-11-4-2-1-3-5-11/h1-5,12-14,16-17,20-21H,6-10H2/t12-,13+,14+,16-/m0/s1. The quantitative estimate of drug-likeness (QED) is 0.742. The third kappa shape index (κ3) is 4.49. The third-order valence-corrected chi connectivity index (χ3v) is 4.63. The first-order chi connectivity index (χ1) is 11.6. The number of alkyl halides is 2. The Balaban J connectivity index is 1.48. The number of carbonyl (C=O) groups excluding carboxylic acids is 1. The van der Waals surface area contributed by atoms with Crippen LogP contribution in [0.1, 0.15) is 24.8 Å². The molecule has 1 aromatic rings. The topological polar surface area (TPSA) is 59.6 Å². The molecule has 0 unspecified atom stereocenters. The monoisotopic (exact) mass is 340 g/mol. The van der Waals surface area contributed by atoms with E-state index in [1.165, 1.54) is 0 Å². The Morgan fingerprint density at radius 3 is 2.83 bits per heavy atom. The lowest BCUT2D eigenvalue weighted by atomic mass is 9.96. The largest absolute Gasteiger partial charge is 0.460 e. The van der Waals surface area contributed by atoms with Crippen LogP contribution < -0.4 is 10.6 Å². The van der Waals surface area contributed by atoms with Crippen LogP contribution in [0, 0.1) is 0 Å². The first-order valence-corrected chi connectivity index (χ1v) is 8.24. The van der Waals surface area contributed by atoms with Crippen LogP contribution in [-0.2, 0) is 20.9 Å². The van der Waals surface area contributed by atoms with Crippen molar-refractivity contribution in [3.63, 3.8) is 0 Å². The smallest absolute Gasteiger partial charge is 0.345 e. The molecule has 0 aromatic heterocycles. The minimum atomic E-state index is -2.80. The maximum atomic E-state index is 12.6. The van der Waals surface area contributed by atoms with E-state index < -0.39 is 18.7 Å². The molecule has 2 N–H and O–H groups in total. The van der Waals surface area contributed by atoms with Crippen molar-refractivity contribution in [3.05, 3.63) is 35.9 Å². The molecule has 2 saturated heterocycles. The van der Waals surface area contributed by atoms with E-state index in [9.17, 15) is 13.6 Å². The zero-order valence-corrected chi connectivity index (χ0v) is 13.3. The molecular formula is C17H22F2N2O3. The van der Waals surface area contributed by atoms with Gasteiger partial charge < -0.3 is 20.1 Å². The molecule has 0 spiro atoms. The van der Waals surface area contributed by atoms with Crippen molar-refractivity contribution >= 4 is 5.97 Å². The van der Waals surface area contributed by atoms with Crippen molar-refractivity contribution in [2.75, 3.05) is 6.54 Å². The van der Waals surface area contributed by atoms with Crippen LogP contribution in [0.5, 0.6) is 0 Å². The van der Waals surface area contributed by atoms with E-state index in [0.717, 1.165) is 18.4 Å². The van der Waals surface area contributed by atoms with Crippen molar-refractivity contribution in [2.24, 2.45) is 0 Å². The minimum Gasteiger partial charge on any atom is -0.460 e. The molecule has 2 bridgehead atoms. The summed E-state index contributed by atoms with van der Waals surface area (Å²) in [7, 11) is 0. The molecule has 2 heterocycles. The summed E-state index contributed by atoms with van der Waals surface area (Å²) in [6.07, 6.45) is 1.78. The van der Waals surface area contributed by atoms with Gasteiger partial charge in [0, 0.05) is 18.1 Å². The van der Waals surface area contributed by atoms with Gasteiger partial charge in [0.25, 0.3) is 0 Å². The zero-order chi connectivity index (χ0) is 16.9. The molecule has 2 aliphatic heterocycles. The number of rotatable bonds is 7. The average molecular weight is 340 g/mol. The second-order valence-corrected chi connectivity index (χ2v) is 6.27. The van der Waals surface area contributed by atoms with Crippen LogP contribution in [-0.4, -0.2) is 43.4 Å². The number of carbonyl (C=O) groups is 1. The SMILES string of the molecule is O=C(CN[C@H]1[C@H]2CC[C@@H](C[C@H]1OC(F)F)N2)OCc1ccccc1. The molecule has 2 aliphatic rings. The van der Waals surface area contributed by atoms with Crippen molar-refractivity contribution < 1.29 is 23.0 Å². The van der Waals surface area contributed by atoms with Crippen molar-refractivity contribution in [1.29, 1.82) is 0 Å². The van der Waals surface area contributed by atoms with Gasteiger partial charge >= 0.3 is 12.6 Å². The zero-order valence-electron chi connectivity index (χ0n) is 13.3. The van der Waals surface area contributed by atoms with Crippen LogP contribution in [0.3, 0.4) is 0 Å². The fourth-order valence-electron chi connectivity index (χ4n) is 3.54. The van der Waals surface area contributed by atoms with Crippen LogP contribution in [0.25, 0.3) is 0 Å². The van der Waals surface area contributed by atoms with Crippen LogP contribution in [0.15, 0.2) is 30.3 Å². The highest BCUT2D eigenvalue weighted by molar-refractivity contribution is 5.71. The van der Waals surface area contributed by atoms with Gasteiger partial charge in [-0.1, -0.05) is 30.3 Å². The summed E-state index contributed by atoms with van der Waals surface area (Å²) in [6, 6.07) is 9.34. The molecule has 132 valence electrons. The first kappa shape index (κ1) is 17.3. The van der Waals surface area contributed by atoms with Gasteiger partial charge in [0.2, 0.25) is 0 Å². The number of hydrogen-bond donors (Lipinski definition) is 2. The third-order valence-electron chi connectivity index (χ3n) is 4.63. The molecule has 2 fully saturated rings. The van der Waals surface area contributed by atoms with Gasteiger partial charge in [0.05, 0.1) is 12.6 Å². The lowest BCUT2D eigenvalue weighted by molar-refractivity contribution is -0.178. The molecule has 0 saturated carbocycles. The summed E-state index contributed by atoms with van der Waals surface area (Å²) >= 11 is 0. The summed E-state index contributed by atoms with van der Waals surface area (Å²) in [6.45, 7) is -2.63. The van der Waals surface area contributed by atoms with Gasteiger partial charge in [-0.3, -0.25) is 4.79 Å². The summed E-state index contributed by atoms with van der Waals surface area (Å²) in [5.41, 5.74) is 0.905. The number of piperidine rings is 1. The number of benzene rings is 1. The molecule has 0 aliphatic carbocycles. The number of nitrogens with one attached hydrogen (secondary N) is 2. The maximum Gasteiger partial charge on any atom is 0.345 e. The molecule has 0 amide bonds. The lowest BCUT2D eigenvalue weighted by Gasteiger charge is -2.37. The number of hydrogen-bond acceptors (Lipinski definition) is 5. The van der Waals surface area contributed by atoms with E-state index in [1.807, 2.05) is 30.3 Å². The van der Waals surface area contributed by atoms with E-state index >= 15 is 0 Å². The summed E-state index contributed by atoms with van der Waals surface area (Å²) < 4.78 is 35.2. The minimum absolute atomic E-state index is 0.0244. The van der Waals surface area contributed by atoms with Gasteiger partial charge in [0.1, 0.15) is 6.61 Å². The molecule has 5 nitrogen and oxygen atoms in total. The van der Waals surface area contributed by atoms with E-state index in [-0.39, 0.29) is 31.3 Å². The Kier molecular flexibility index (Phi) is 5.76. The normalized spacial score (nSPS) is 29.0. The Labute approximate surface area is 139 Å². The summed E-state index contributed by atoms with van der Waals surface area (Å²) in [4.78, 5) is 11.9. The predicted molar refractivity (Wildman–Crippen MR) is 83.5 cm³/mol. The van der Waals surface area contributed by atoms with Gasteiger partial charge in [0.15, 0.2) is 0 Å². The number of esters is 1. The Bertz CT molecular complexity index is 544. The van der Waals surface area contributed by atoms with E-state index in [4.69, 9.17) is 9.47 Å². The van der Waals surface area contributed by atoms with E-state index in [0.29, 0.717) is 6.42 Å². The van der Waals surface area contributed by atoms with Gasteiger partial charge in [-0.15, -0.1) is 0 Å². The second kappa shape index (κ2) is 8.00. The molecule has 3 rings (SSSR count). The fraction of sp³-hybridized carbons (Fsp3) is 0.588. The van der Waals surface area contributed by atoms with Crippen molar-refractivity contribution in [3.8, 4) is 0 Å². The van der Waals surface area contributed by atoms with Crippen LogP contribution >= 0.6 is 0 Å². The highest BCUT2D eigenvalue weighted by Gasteiger charge is 2.43. The molecule has 1 aromatic carbocycles. The highest BCUT2D eigenvalue weighted by atomic mass is 19.3. The Morgan fingerprint density at radius 1 is 1.29 bits per heavy atom. The Hall–Kier alpha value is -1.57. The van der Waals surface area contributed by atoms with Crippen LogP contribution in [0.2, 0.25) is 0 Å². The average Bonchev–Trinajstić information content (AvgIpc) is 2.95.